The molecule has 1 aliphatic rings. The van der Waals surface area contributed by atoms with Crippen LogP contribution >= 0.6 is 0 Å². The second kappa shape index (κ2) is 10.9. The average Bonchev–Trinajstić information content (AvgIpc) is 3.37. The highest BCUT2D eigenvalue weighted by Crippen LogP contribution is 2.45. The molecule has 1 saturated carbocycles. The van der Waals surface area contributed by atoms with E-state index in [2.05, 4.69) is 33.2 Å². The fourth-order valence-corrected chi connectivity index (χ4v) is 5.03. The lowest BCUT2D eigenvalue weighted by molar-refractivity contribution is -0.111. The van der Waals surface area contributed by atoms with Crippen LogP contribution in [0, 0.1) is 11.3 Å². The Morgan fingerprint density at radius 3 is 2.57 bits per heavy atom. The van der Waals surface area contributed by atoms with Crippen LogP contribution in [-0.4, -0.2) is 48.0 Å². The van der Waals surface area contributed by atoms with Gasteiger partial charge in [-0.15, -0.1) is 0 Å². The number of nitrogens with zero attached hydrogens (tertiary/aromatic N) is 2. The number of anilines is 2. The molecule has 1 fully saturated rings. The molecule has 5 N–H and O–H groups in total. The highest BCUT2D eigenvalue weighted by Gasteiger charge is 2.46. The molecule has 2 amide bonds. The Morgan fingerprint density at radius 1 is 1.19 bits per heavy atom. The minimum Gasteiger partial charge on any atom is -0.496 e. The lowest BCUT2D eigenvalue weighted by atomic mass is 9.88. The lowest BCUT2D eigenvalue weighted by Gasteiger charge is -2.35. The lowest BCUT2D eigenvalue weighted by Crippen LogP contribution is -2.50. The molecule has 214 valence electrons. The molecule has 0 aliphatic heterocycles. The Hall–Kier alpha value is -5.44. The predicted octanol–water partition coefficient (Wildman–Crippen LogP) is 5.02. The van der Waals surface area contributed by atoms with Crippen LogP contribution in [0.5, 0.6) is 11.5 Å². The molecule has 2 aromatic carbocycles. The summed E-state index contributed by atoms with van der Waals surface area (Å²) >= 11 is 0. The van der Waals surface area contributed by atoms with E-state index in [9.17, 15) is 23.6 Å². The van der Waals surface area contributed by atoms with Crippen molar-refractivity contribution >= 4 is 34.2 Å². The van der Waals surface area contributed by atoms with Crippen molar-refractivity contribution < 1.29 is 27.8 Å². The number of alkyl halides is 2. The van der Waals surface area contributed by atoms with E-state index in [0.717, 1.165) is 6.08 Å². The van der Waals surface area contributed by atoms with Crippen LogP contribution in [0.15, 0.2) is 55.3 Å². The summed E-state index contributed by atoms with van der Waals surface area (Å²) in [7, 11) is 2.87. The van der Waals surface area contributed by atoms with Gasteiger partial charge in [0.2, 0.25) is 5.91 Å². The number of benzene rings is 2. The maximum atomic E-state index is 13.3. The third-order valence-corrected chi connectivity index (χ3v) is 7.06. The van der Waals surface area contributed by atoms with E-state index in [4.69, 9.17) is 15.2 Å². The highest BCUT2D eigenvalue weighted by atomic mass is 19.3. The fraction of sp³-hybridized carbons (Fsp3) is 0.200. The number of nitrogen functional groups attached to an aromatic ring is 1. The number of carbonyl (C=O) groups is 2. The Kier molecular flexibility index (Phi) is 7.26. The largest absolute Gasteiger partial charge is 0.496 e. The van der Waals surface area contributed by atoms with Gasteiger partial charge in [-0.3, -0.25) is 9.59 Å². The summed E-state index contributed by atoms with van der Waals surface area (Å²) in [6.07, 6.45) is 1.69. The van der Waals surface area contributed by atoms with Crippen molar-refractivity contribution in [1.29, 1.82) is 5.26 Å². The molecule has 2 heterocycles. The Morgan fingerprint density at radius 2 is 1.93 bits per heavy atom. The number of methoxy groups -OCH3 is 2. The van der Waals surface area contributed by atoms with Crippen molar-refractivity contribution in [2.45, 2.75) is 24.8 Å². The number of nitriles is 1. The molecule has 0 radical (unpaired) electrons. The summed E-state index contributed by atoms with van der Waals surface area (Å²) in [4.78, 5) is 32.3. The third kappa shape index (κ3) is 5.08. The summed E-state index contributed by atoms with van der Waals surface area (Å²) in [6.45, 7) is 3.46. The van der Waals surface area contributed by atoms with Crippen LogP contribution in [0.2, 0.25) is 0 Å². The van der Waals surface area contributed by atoms with Gasteiger partial charge in [-0.05, 0) is 35.9 Å². The molecular weight excluding hydrogens is 546 g/mol. The van der Waals surface area contributed by atoms with Gasteiger partial charge in [0.1, 0.15) is 23.4 Å². The van der Waals surface area contributed by atoms with E-state index in [-0.39, 0.29) is 22.7 Å². The number of ether oxygens (including phenoxy) is 2. The molecule has 0 unspecified atom stereocenters. The van der Waals surface area contributed by atoms with Crippen molar-refractivity contribution in [2.75, 3.05) is 25.3 Å². The number of aromatic nitrogens is 2. The third-order valence-electron chi connectivity index (χ3n) is 7.06. The van der Waals surface area contributed by atoms with Crippen LogP contribution in [-0.2, 0) is 4.79 Å². The number of fused-ring (bicyclic) bond motifs is 1. The highest BCUT2D eigenvalue weighted by molar-refractivity contribution is 6.11. The van der Waals surface area contributed by atoms with E-state index in [1.165, 1.54) is 26.5 Å². The van der Waals surface area contributed by atoms with Crippen molar-refractivity contribution in [3.8, 4) is 40.0 Å². The smallest absolute Gasteiger partial charge is 0.255 e. The van der Waals surface area contributed by atoms with Crippen LogP contribution in [0.1, 0.15) is 28.8 Å². The van der Waals surface area contributed by atoms with Gasteiger partial charge in [-0.25, -0.2) is 13.8 Å². The number of nitrogens with one attached hydrogen (secondary N) is 3. The molecule has 4 aromatic rings. The van der Waals surface area contributed by atoms with Gasteiger partial charge in [-0.1, -0.05) is 12.6 Å². The summed E-state index contributed by atoms with van der Waals surface area (Å²) in [5, 5.41) is 15.6. The topological polar surface area (TPSA) is 155 Å². The maximum Gasteiger partial charge on any atom is 0.255 e. The Labute approximate surface area is 239 Å². The zero-order valence-corrected chi connectivity index (χ0v) is 22.7. The minimum atomic E-state index is -2.77. The molecule has 2 aromatic heterocycles. The Balaban J connectivity index is 1.66. The summed E-state index contributed by atoms with van der Waals surface area (Å²) in [6, 6.07) is 11.4. The van der Waals surface area contributed by atoms with E-state index < -0.39 is 36.6 Å². The van der Waals surface area contributed by atoms with Crippen molar-refractivity contribution in [1.82, 2.24) is 15.3 Å². The van der Waals surface area contributed by atoms with Crippen LogP contribution < -0.4 is 25.8 Å². The summed E-state index contributed by atoms with van der Waals surface area (Å²) < 4.78 is 37.8. The molecule has 0 bridgehead atoms. The maximum absolute atomic E-state index is 13.3. The molecule has 5 rings (SSSR count). The van der Waals surface area contributed by atoms with Crippen molar-refractivity contribution in [3.63, 3.8) is 0 Å². The van der Waals surface area contributed by atoms with Gasteiger partial charge in [-0.2, -0.15) is 5.26 Å². The van der Waals surface area contributed by atoms with E-state index >= 15 is 0 Å². The number of aromatic amines is 1. The van der Waals surface area contributed by atoms with Gasteiger partial charge in [0.05, 0.1) is 41.9 Å². The molecular formula is C30H26F2N6O4. The SMILES string of the molecule is C=CC(=O)Nc1ccc(-c2[nH]c3c(C#N)cnc(N)c3c2-c2ccc(C(=O)NC3CC(F)(F)C3)c(OC)c2)c(OC)c1. The summed E-state index contributed by atoms with van der Waals surface area (Å²) in [5.74, 6) is -2.95. The Bertz CT molecular complexity index is 1780. The second-order valence-corrected chi connectivity index (χ2v) is 9.75. The molecule has 0 atom stereocenters. The number of hydrogen-bond donors (Lipinski definition) is 4. The number of halogens is 2. The number of hydrogen-bond acceptors (Lipinski definition) is 7. The van der Waals surface area contributed by atoms with E-state index in [0.29, 0.717) is 44.7 Å². The standard InChI is InChI=1S/C30H26F2N6O4/c1-4-23(39)36-17-6-8-19(22(10-17)42-3)27-24(25-26(38-27)16(13-33)14-35-28(25)34)15-5-7-20(21(9-15)41-2)29(40)37-18-11-30(31,32)12-18/h4-10,14,18,38H,1,11-12H2,2-3H3,(H2,34,35)(H,36,39)(H,37,40). The van der Waals surface area contributed by atoms with E-state index in [1.807, 2.05) is 0 Å². The molecule has 1 aliphatic carbocycles. The molecule has 10 nitrogen and oxygen atoms in total. The zero-order chi connectivity index (χ0) is 30.2. The van der Waals surface area contributed by atoms with Crippen LogP contribution in [0.4, 0.5) is 20.3 Å². The average molecular weight is 573 g/mol. The first-order valence-electron chi connectivity index (χ1n) is 12.8. The molecule has 0 saturated heterocycles. The van der Waals surface area contributed by atoms with Crippen LogP contribution in [0.3, 0.4) is 0 Å². The van der Waals surface area contributed by atoms with Crippen LogP contribution in [0.25, 0.3) is 33.3 Å². The van der Waals surface area contributed by atoms with Gasteiger partial charge in [0.25, 0.3) is 11.8 Å². The fourth-order valence-electron chi connectivity index (χ4n) is 5.03. The number of carbonyl (C=O) groups excluding carboxylic acids is 2. The number of pyridine rings is 1. The first-order chi connectivity index (χ1) is 20.1. The van der Waals surface area contributed by atoms with Crippen molar-refractivity contribution in [3.05, 3.63) is 66.4 Å². The zero-order valence-electron chi connectivity index (χ0n) is 22.7. The molecule has 0 spiro atoms. The second-order valence-electron chi connectivity index (χ2n) is 9.75. The normalized spacial score (nSPS) is 14.0. The molecule has 12 heteroatoms. The van der Waals surface area contributed by atoms with E-state index in [1.54, 1.807) is 30.3 Å². The number of H-pyrrole nitrogens is 1. The predicted molar refractivity (Wildman–Crippen MR) is 153 cm³/mol. The van der Waals surface area contributed by atoms with Gasteiger partial charge in [0, 0.05) is 48.0 Å². The van der Waals surface area contributed by atoms with Gasteiger partial charge >= 0.3 is 0 Å². The quantitative estimate of drug-likeness (QED) is 0.216. The monoisotopic (exact) mass is 572 g/mol. The molecule has 42 heavy (non-hydrogen) atoms. The van der Waals surface area contributed by atoms with Gasteiger partial charge < -0.3 is 30.8 Å². The minimum absolute atomic E-state index is 0.155. The number of amides is 2. The summed E-state index contributed by atoms with van der Waals surface area (Å²) in [5.41, 5.74) is 9.88. The first-order valence-corrected chi connectivity index (χ1v) is 12.8. The van der Waals surface area contributed by atoms with Gasteiger partial charge in [0.15, 0.2) is 0 Å². The number of nitrogens with two attached hydrogens (primary N) is 1. The van der Waals surface area contributed by atoms with Crippen molar-refractivity contribution in [2.24, 2.45) is 0 Å². The first kappa shape index (κ1) is 28.1. The number of rotatable bonds is 8.